The van der Waals surface area contributed by atoms with Crippen LogP contribution in [0, 0.1) is 5.82 Å². The third-order valence-electron chi connectivity index (χ3n) is 2.75. The number of hydrogen-bond acceptors (Lipinski definition) is 1. The molecule has 3 heteroatoms. The molecule has 0 atom stereocenters. The fraction of sp³-hybridized carbons (Fsp3) is 0.364. The maximum absolute atomic E-state index is 13.6. The summed E-state index contributed by atoms with van der Waals surface area (Å²) in [5.41, 5.74) is 1.61. The topological polar surface area (TPSA) is 17.8 Å². The molecular formula is C11H11FN2. The predicted molar refractivity (Wildman–Crippen MR) is 52.6 cm³/mol. The number of benzene rings is 1. The van der Waals surface area contributed by atoms with Crippen LogP contribution < -0.4 is 0 Å². The summed E-state index contributed by atoms with van der Waals surface area (Å²) in [6.07, 6.45) is 4.19. The normalized spacial score (nSPS) is 16.4. The Hall–Kier alpha value is -1.38. The van der Waals surface area contributed by atoms with Crippen LogP contribution in [0.15, 0.2) is 18.3 Å². The van der Waals surface area contributed by atoms with Crippen LogP contribution in [0.1, 0.15) is 24.3 Å². The molecule has 2 aromatic rings. The predicted octanol–water partition coefficient (Wildman–Crippen LogP) is 2.59. The van der Waals surface area contributed by atoms with Crippen molar-refractivity contribution in [2.75, 3.05) is 0 Å². The summed E-state index contributed by atoms with van der Waals surface area (Å²) in [5.74, 6) is 0.360. The molecule has 1 heterocycles. The fourth-order valence-corrected chi connectivity index (χ4v) is 1.89. The molecule has 1 aliphatic carbocycles. The van der Waals surface area contributed by atoms with Crippen molar-refractivity contribution in [2.45, 2.75) is 18.8 Å². The molecule has 0 saturated heterocycles. The van der Waals surface area contributed by atoms with Gasteiger partial charge in [0.05, 0.1) is 5.52 Å². The lowest BCUT2D eigenvalue weighted by Gasteiger charge is -1.99. The van der Waals surface area contributed by atoms with E-state index in [1.807, 2.05) is 19.3 Å². The molecule has 0 spiro atoms. The number of halogens is 1. The molecule has 0 N–H and O–H groups in total. The van der Waals surface area contributed by atoms with Crippen LogP contribution in [0.5, 0.6) is 0 Å². The van der Waals surface area contributed by atoms with Gasteiger partial charge in [-0.05, 0) is 30.4 Å². The molecule has 3 rings (SSSR count). The van der Waals surface area contributed by atoms with Gasteiger partial charge in [0, 0.05) is 24.7 Å². The Morgan fingerprint density at radius 1 is 1.43 bits per heavy atom. The first-order chi connectivity index (χ1) is 6.74. The Labute approximate surface area is 81.3 Å². The maximum Gasteiger partial charge on any atom is 0.128 e. The van der Waals surface area contributed by atoms with E-state index in [9.17, 15) is 4.39 Å². The number of fused-ring (bicyclic) bond motifs is 1. The van der Waals surface area contributed by atoms with Crippen molar-refractivity contribution in [1.29, 1.82) is 0 Å². The van der Waals surface area contributed by atoms with Gasteiger partial charge in [-0.25, -0.2) is 4.39 Å². The van der Waals surface area contributed by atoms with E-state index >= 15 is 0 Å². The lowest BCUT2D eigenvalue weighted by molar-refractivity contribution is 0.612. The minimum absolute atomic E-state index is 0.0984. The molecule has 0 amide bonds. The summed E-state index contributed by atoms with van der Waals surface area (Å²) in [4.78, 5) is 0. The van der Waals surface area contributed by atoms with E-state index < -0.39 is 0 Å². The van der Waals surface area contributed by atoms with Crippen LogP contribution >= 0.6 is 0 Å². The number of rotatable bonds is 1. The maximum atomic E-state index is 13.6. The van der Waals surface area contributed by atoms with E-state index in [0.717, 1.165) is 29.3 Å². The van der Waals surface area contributed by atoms with E-state index in [-0.39, 0.29) is 5.82 Å². The van der Waals surface area contributed by atoms with Crippen molar-refractivity contribution >= 4 is 10.9 Å². The summed E-state index contributed by atoms with van der Waals surface area (Å²) in [5, 5.41) is 5.21. The Morgan fingerprint density at radius 2 is 2.21 bits per heavy atom. The molecule has 0 aliphatic heterocycles. The Morgan fingerprint density at radius 3 is 2.93 bits per heavy atom. The average Bonchev–Trinajstić information content (AvgIpc) is 2.88. The third kappa shape index (κ3) is 1.12. The van der Waals surface area contributed by atoms with Gasteiger partial charge in [-0.1, -0.05) is 0 Å². The van der Waals surface area contributed by atoms with Gasteiger partial charge >= 0.3 is 0 Å². The van der Waals surface area contributed by atoms with Crippen LogP contribution in [0.4, 0.5) is 4.39 Å². The van der Waals surface area contributed by atoms with Crippen LogP contribution in [0.2, 0.25) is 0 Å². The van der Waals surface area contributed by atoms with E-state index in [1.165, 1.54) is 0 Å². The Kier molecular flexibility index (Phi) is 1.46. The lowest BCUT2D eigenvalue weighted by atomic mass is 10.1. The molecule has 1 aliphatic rings. The summed E-state index contributed by atoms with van der Waals surface area (Å²) < 4.78 is 15.3. The van der Waals surface area contributed by atoms with Gasteiger partial charge in [0.2, 0.25) is 0 Å². The molecule has 2 nitrogen and oxygen atoms in total. The second-order valence-electron chi connectivity index (χ2n) is 4.01. The monoisotopic (exact) mass is 190 g/mol. The standard InChI is InChI=1S/C11H11FN2/c1-14-6-8-4-9(7-2-3-7)10(12)5-11(8)13-14/h4-7H,2-3H2,1H3. The number of nitrogens with zero attached hydrogens (tertiary/aromatic N) is 2. The van der Waals surface area contributed by atoms with Gasteiger partial charge in [-0.3, -0.25) is 4.68 Å². The van der Waals surface area contributed by atoms with Crippen molar-refractivity contribution in [1.82, 2.24) is 9.78 Å². The summed E-state index contributed by atoms with van der Waals surface area (Å²) in [6, 6.07) is 3.48. The van der Waals surface area contributed by atoms with Crippen LogP contribution in [-0.4, -0.2) is 9.78 Å². The smallest absolute Gasteiger partial charge is 0.128 e. The lowest BCUT2D eigenvalue weighted by Crippen LogP contribution is -1.87. The van der Waals surface area contributed by atoms with Gasteiger partial charge in [-0.2, -0.15) is 5.10 Å². The number of aromatic nitrogens is 2. The molecule has 1 aromatic carbocycles. The molecular weight excluding hydrogens is 179 g/mol. The van der Waals surface area contributed by atoms with Crippen molar-refractivity contribution in [2.24, 2.45) is 7.05 Å². The zero-order valence-electron chi connectivity index (χ0n) is 8.00. The highest BCUT2D eigenvalue weighted by molar-refractivity contribution is 5.79. The quantitative estimate of drug-likeness (QED) is 0.675. The number of hydrogen-bond donors (Lipinski definition) is 0. The van der Waals surface area contributed by atoms with Crippen molar-refractivity contribution < 1.29 is 4.39 Å². The summed E-state index contributed by atoms with van der Waals surface area (Å²) >= 11 is 0. The number of aryl methyl sites for hydroxylation is 1. The third-order valence-corrected chi connectivity index (χ3v) is 2.75. The minimum Gasteiger partial charge on any atom is -0.275 e. The largest absolute Gasteiger partial charge is 0.275 e. The summed E-state index contributed by atoms with van der Waals surface area (Å²) in [6.45, 7) is 0. The molecule has 72 valence electrons. The second kappa shape index (κ2) is 2.56. The summed E-state index contributed by atoms with van der Waals surface area (Å²) in [7, 11) is 1.86. The van der Waals surface area contributed by atoms with E-state index in [2.05, 4.69) is 5.10 Å². The van der Waals surface area contributed by atoms with Gasteiger partial charge in [-0.15, -0.1) is 0 Å². The zero-order valence-corrected chi connectivity index (χ0v) is 8.00. The molecule has 1 saturated carbocycles. The van der Waals surface area contributed by atoms with E-state index in [4.69, 9.17) is 0 Å². The van der Waals surface area contributed by atoms with Crippen molar-refractivity contribution in [3.63, 3.8) is 0 Å². The van der Waals surface area contributed by atoms with Crippen LogP contribution in [-0.2, 0) is 7.05 Å². The average molecular weight is 190 g/mol. The van der Waals surface area contributed by atoms with Crippen LogP contribution in [0.3, 0.4) is 0 Å². The SMILES string of the molecule is Cn1cc2cc(C3CC3)c(F)cc2n1. The molecule has 0 radical (unpaired) electrons. The minimum atomic E-state index is -0.0984. The van der Waals surface area contributed by atoms with Gasteiger partial charge in [0.1, 0.15) is 5.82 Å². The highest BCUT2D eigenvalue weighted by Gasteiger charge is 2.26. The Bertz CT molecular complexity index is 497. The first-order valence-corrected chi connectivity index (χ1v) is 4.87. The highest BCUT2D eigenvalue weighted by Crippen LogP contribution is 2.42. The fourth-order valence-electron chi connectivity index (χ4n) is 1.89. The van der Waals surface area contributed by atoms with E-state index in [0.29, 0.717) is 5.92 Å². The molecule has 0 unspecified atom stereocenters. The molecule has 1 fully saturated rings. The van der Waals surface area contributed by atoms with Gasteiger partial charge in [0.15, 0.2) is 0 Å². The molecule has 0 bridgehead atoms. The zero-order chi connectivity index (χ0) is 9.71. The molecule has 1 aromatic heterocycles. The van der Waals surface area contributed by atoms with Crippen molar-refractivity contribution in [3.05, 3.63) is 29.7 Å². The highest BCUT2D eigenvalue weighted by atomic mass is 19.1. The van der Waals surface area contributed by atoms with Crippen molar-refractivity contribution in [3.8, 4) is 0 Å². The van der Waals surface area contributed by atoms with Gasteiger partial charge in [0.25, 0.3) is 0 Å². The van der Waals surface area contributed by atoms with Crippen LogP contribution in [0.25, 0.3) is 10.9 Å². The first-order valence-electron chi connectivity index (χ1n) is 4.87. The second-order valence-corrected chi connectivity index (χ2v) is 4.01. The first kappa shape index (κ1) is 7.97. The van der Waals surface area contributed by atoms with E-state index in [1.54, 1.807) is 10.7 Å². The van der Waals surface area contributed by atoms with Gasteiger partial charge < -0.3 is 0 Å². The molecule has 14 heavy (non-hydrogen) atoms. The Balaban J connectivity index is 2.25.